The predicted octanol–water partition coefficient (Wildman–Crippen LogP) is 4.88. The summed E-state index contributed by atoms with van der Waals surface area (Å²) in [7, 11) is 1.60. The Kier molecular flexibility index (Phi) is 9.47. The van der Waals surface area contributed by atoms with Crippen molar-refractivity contribution in [2.24, 2.45) is 0 Å². The fourth-order valence-corrected chi connectivity index (χ4v) is 3.53. The Balaban J connectivity index is 2.24. The molecule has 0 aliphatic carbocycles. The van der Waals surface area contributed by atoms with Crippen LogP contribution in [0.2, 0.25) is 10.0 Å². The largest absolute Gasteiger partial charge is 0.497 e. The summed E-state index contributed by atoms with van der Waals surface area (Å²) in [5.41, 5.74) is 1.45. The van der Waals surface area contributed by atoms with E-state index in [2.05, 4.69) is 12.2 Å². The van der Waals surface area contributed by atoms with Gasteiger partial charge in [-0.05, 0) is 48.7 Å². The molecule has 1 atom stereocenters. The van der Waals surface area contributed by atoms with Gasteiger partial charge in [0.1, 0.15) is 11.8 Å². The maximum Gasteiger partial charge on any atom is 0.242 e. The van der Waals surface area contributed by atoms with E-state index in [1.54, 1.807) is 37.1 Å². The van der Waals surface area contributed by atoms with Crippen molar-refractivity contribution in [1.29, 1.82) is 0 Å². The molecule has 30 heavy (non-hydrogen) atoms. The summed E-state index contributed by atoms with van der Waals surface area (Å²) in [6.07, 6.45) is 1.88. The zero-order valence-corrected chi connectivity index (χ0v) is 19.1. The van der Waals surface area contributed by atoms with Crippen LogP contribution >= 0.6 is 23.2 Å². The average molecular weight is 451 g/mol. The molecule has 2 aromatic rings. The minimum Gasteiger partial charge on any atom is -0.497 e. The highest BCUT2D eigenvalue weighted by Gasteiger charge is 2.27. The Morgan fingerprint density at radius 2 is 1.73 bits per heavy atom. The smallest absolute Gasteiger partial charge is 0.242 e. The molecule has 0 aliphatic heterocycles. The first-order valence-corrected chi connectivity index (χ1v) is 10.8. The van der Waals surface area contributed by atoms with Crippen LogP contribution in [0.1, 0.15) is 37.8 Å². The molecule has 7 heteroatoms. The number of nitrogens with zero attached hydrogens (tertiary/aromatic N) is 1. The molecule has 5 nitrogen and oxygen atoms in total. The zero-order chi connectivity index (χ0) is 22.1. The third-order valence-corrected chi connectivity index (χ3v) is 5.61. The van der Waals surface area contributed by atoms with Crippen molar-refractivity contribution in [2.75, 3.05) is 13.7 Å². The molecule has 0 aromatic heterocycles. The Morgan fingerprint density at radius 3 is 2.30 bits per heavy atom. The quantitative estimate of drug-likeness (QED) is 0.524. The second-order valence-electron chi connectivity index (χ2n) is 7.07. The second kappa shape index (κ2) is 11.8. The first-order valence-electron chi connectivity index (χ1n) is 10.00. The molecule has 0 radical (unpaired) electrons. The first kappa shape index (κ1) is 24.0. The number of nitrogens with one attached hydrogen (secondary N) is 1. The van der Waals surface area contributed by atoms with Crippen LogP contribution in [0.15, 0.2) is 42.5 Å². The van der Waals surface area contributed by atoms with Gasteiger partial charge in [0.2, 0.25) is 11.8 Å². The molecule has 162 valence electrons. The molecule has 0 aliphatic rings. The molecule has 2 amide bonds. The molecule has 0 saturated carbocycles. The molecule has 0 spiro atoms. The maximum atomic E-state index is 13.2. The number of unbranched alkanes of at least 4 members (excludes halogenated alkanes) is 1. The number of amides is 2. The Hall–Kier alpha value is -2.24. The van der Waals surface area contributed by atoms with E-state index >= 15 is 0 Å². The van der Waals surface area contributed by atoms with Gasteiger partial charge in [0.25, 0.3) is 0 Å². The summed E-state index contributed by atoms with van der Waals surface area (Å²) < 4.78 is 5.19. The summed E-state index contributed by atoms with van der Waals surface area (Å²) >= 11 is 12.5. The second-order valence-corrected chi connectivity index (χ2v) is 7.88. The molecular weight excluding hydrogens is 423 g/mol. The molecule has 2 aromatic carbocycles. The number of hydrogen-bond acceptors (Lipinski definition) is 3. The van der Waals surface area contributed by atoms with Crippen LogP contribution in [0.3, 0.4) is 0 Å². The van der Waals surface area contributed by atoms with Crippen molar-refractivity contribution in [3.05, 3.63) is 63.6 Å². The van der Waals surface area contributed by atoms with E-state index in [0.29, 0.717) is 22.2 Å². The summed E-state index contributed by atoms with van der Waals surface area (Å²) in [5.74, 6) is 0.319. The van der Waals surface area contributed by atoms with Gasteiger partial charge < -0.3 is 15.0 Å². The number of carbonyl (C=O) groups excluding carboxylic acids is 2. The van der Waals surface area contributed by atoms with Gasteiger partial charge in [0, 0.05) is 23.1 Å². The van der Waals surface area contributed by atoms with Crippen molar-refractivity contribution in [3.63, 3.8) is 0 Å². The molecular formula is C23H28Cl2N2O3. The lowest BCUT2D eigenvalue weighted by Gasteiger charge is -2.29. The number of carbonyl (C=O) groups is 2. The van der Waals surface area contributed by atoms with Gasteiger partial charge in [-0.3, -0.25) is 9.59 Å². The third kappa shape index (κ3) is 6.64. The van der Waals surface area contributed by atoms with Crippen LogP contribution in [0.5, 0.6) is 5.75 Å². The number of rotatable bonds is 10. The summed E-state index contributed by atoms with van der Waals surface area (Å²) in [4.78, 5) is 27.4. The topological polar surface area (TPSA) is 58.6 Å². The average Bonchev–Trinajstić information content (AvgIpc) is 2.74. The van der Waals surface area contributed by atoms with Crippen molar-refractivity contribution in [1.82, 2.24) is 10.2 Å². The van der Waals surface area contributed by atoms with Gasteiger partial charge in [0.05, 0.1) is 13.5 Å². The first-order chi connectivity index (χ1) is 14.4. The van der Waals surface area contributed by atoms with Crippen molar-refractivity contribution in [3.8, 4) is 5.75 Å². The lowest BCUT2D eigenvalue weighted by Crippen LogP contribution is -2.48. The lowest BCUT2D eigenvalue weighted by atomic mass is 10.1. The standard InChI is InChI=1S/C23H28Cl2N2O3/c1-4-5-13-26-23(29)16(2)27(15-17-9-11-18(30-3)12-10-17)22(28)14-19-20(24)7-6-8-21(19)25/h6-12,16H,4-5,13-15H2,1-3H3,(H,26,29)/t16-/m1/s1. The number of ether oxygens (including phenoxy) is 1. The van der Waals surface area contributed by atoms with E-state index in [4.69, 9.17) is 27.9 Å². The summed E-state index contributed by atoms with van der Waals surface area (Å²) in [6.45, 7) is 4.66. The fraction of sp³-hybridized carbons (Fsp3) is 0.391. The van der Waals surface area contributed by atoms with E-state index in [-0.39, 0.29) is 24.8 Å². The Morgan fingerprint density at radius 1 is 1.10 bits per heavy atom. The Labute approximate surface area is 188 Å². The lowest BCUT2D eigenvalue weighted by molar-refractivity contribution is -0.140. The van der Waals surface area contributed by atoms with Gasteiger partial charge in [-0.25, -0.2) is 0 Å². The van der Waals surface area contributed by atoms with Gasteiger partial charge in [0.15, 0.2) is 0 Å². The highest BCUT2D eigenvalue weighted by Crippen LogP contribution is 2.26. The predicted molar refractivity (Wildman–Crippen MR) is 121 cm³/mol. The SMILES string of the molecule is CCCCNC(=O)[C@@H](C)N(Cc1ccc(OC)cc1)C(=O)Cc1c(Cl)cccc1Cl. The summed E-state index contributed by atoms with van der Waals surface area (Å²) in [6, 6.07) is 11.9. The maximum absolute atomic E-state index is 13.2. The van der Waals surface area contributed by atoms with E-state index in [9.17, 15) is 9.59 Å². The van der Waals surface area contributed by atoms with Crippen LogP contribution in [-0.4, -0.2) is 36.4 Å². The van der Waals surface area contributed by atoms with Crippen molar-refractivity contribution < 1.29 is 14.3 Å². The zero-order valence-electron chi connectivity index (χ0n) is 17.6. The molecule has 2 rings (SSSR count). The normalized spacial score (nSPS) is 11.6. The number of hydrogen-bond donors (Lipinski definition) is 1. The van der Waals surface area contributed by atoms with Crippen LogP contribution < -0.4 is 10.1 Å². The molecule has 1 N–H and O–H groups in total. The van der Waals surface area contributed by atoms with E-state index in [0.717, 1.165) is 24.2 Å². The van der Waals surface area contributed by atoms with Crippen LogP contribution in [0.4, 0.5) is 0 Å². The van der Waals surface area contributed by atoms with Crippen LogP contribution in [-0.2, 0) is 22.6 Å². The molecule has 0 fully saturated rings. The van der Waals surface area contributed by atoms with Gasteiger partial charge in [-0.1, -0.05) is 54.7 Å². The van der Waals surface area contributed by atoms with Crippen LogP contribution in [0.25, 0.3) is 0 Å². The van der Waals surface area contributed by atoms with Gasteiger partial charge >= 0.3 is 0 Å². The number of halogens is 2. The van der Waals surface area contributed by atoms with Crippen molar-refractivity contribution in [2.45, 2.75) is 45.7 Å². The van der Waals surface area contributed by atoms with E-state index < -0.39 is 6.04 Å². The minimum atomic E-state index is -0.641. The molecule has 0 heterocycles. The third-order valence-electron chi connectivity index (χ3n) is 4.90. The highest BCUT2D eigenvalue weighted by atomic mass is 35.5. The fourth-order valence-electron chi connectivity index (χ4n) is 3.00. The molecule has 0 saturated heterocycles. The van der Waals surface area contributed by atoms with E-state index in [1.807, 2.05) is 24.3 Å². The van der Waals surface area contributed by atoms with Crippen LogP contribution in [0, 0.1) is 0 Å². The number of benzene rings is 2. The van der Waals surface area contributed by atoms with Gasteiger partial charge in [-0.15, -0.1) is 0 Å². The van der Waals surface area contributed by atoms with Crippen molar-refractivity contribution >= 4 is 35.0 Å². The van der Waals surface area contributed by atoms with E-state index in [1.165, 1.54) is 0 Å². The summed E-state index contributed by atoms with van der Waals surface area (Å²) in [5, 5.41) is 3.77. The van der Waals surface area contributed by atoms with Gasteiger partial charge in [-0.2, -0.15) is 0 Å². The number of methoxy groups -OCH3 is 1. The highest BCUT2D eigenvalue weighted by molar-refractivity contribution is 6.36. The monoisotopic (exact) mass is 450 g/mol. The molecule has 0 bridgehead atoms. The Bertz CT molecular complexity index is 836. The minimum absolute atomic E-state index is 0.0151. The molecule has 0 unspecified atom stereocenters.